The summed E-state index contributed by atoms with van der Waals surface area (Å²) >= 11 is 1.93. The van der Waals surface area contributed by atoms with E-state index in [-0.39, 0.29) is 5.41 Å². The molecule has 17 heavy (non-hydrogen) atoms. The summed E-state index contributed by atoms with van der Waals surface area (Å²) in [6.07, 6.45) is 4.98. The molecule has 2 rings (SSSR count). The molecule has 0 aromatic carbocycles. The molecule has 1 aromatic rings. The van der Waals surface area contributed by atoms with Crippen molar-refractivity contribution in [2.45, 2.75) is 64.8 Å². The van der Waals surface area contributed by atoms with Gasteiger partial charge in [0, 0.05) is 10.3 Å². The van der Waals surface area contributed by atoms with E-state index in [0.717, 1.165) is 6.54 Å². The normalized spacial score (nSPS) is 20.4. The van der Waals surface area contributed by atoms with Gasteiger partial charge in [-0.25, -0.2) is 4.98 Å². The number of rotatable bonds is 3. The van der Waals surface area contributed by atoms with Gasteiger partial charge in [0.25, 0.3) is 0 Å². The van der Waals surface area contributed by atoms with Gasteiger partial charge in [-0.3, -0.25) is 0 Å². The van der Waals surface area contributed by atoms with Gasteiger partial charge in [0.05, 0.1) is 16.7 Å². The molecular weight excluding hydrogens is 228 g/mol. The fourth-order valence-corrected chi connectivity index (χ4v) is 3.48. The second-order valence-electron chi connectivity index (χ2n) is 5.98. The Kier molecular flexibility index (Phi) is 3.88. The molecule has 1 unspecified atom stereocenters. The Balaban J connectivity index is 2.22. The van der Waals surface area contributed by atoms with Crippen LogP contribution in [0.3, 0.4) is 0 Å². The topological polar surface area (TPSA) is 24.9 Å². The summed E-state index contributed by atoms with van der Waals surface area (Å²) in [4.78, 5) is 6.44. The fraction of sp³-hybridized carbons (Fsp3) is 0.786. The zero-order valence-corrected chi connectivity index (χ0v) is 12.3. The highest BCUT2D eigenvalue weighted by Gasteiger charge is 2.27. The quantitative estimate of drug-likeness (QED) is 0.884. The number of hydrogen-bond donors (Lipinski definition) is 1. The largest absolute Gasteiger partial charge is 0.309 e. The number of aryl methyl sites for hydroxylation is 1. The molecule has 96 valence electrons. The number of nitrogens with zero attached hydrogens (tertiary/aromatic N) is 1. The van der Waals surface area contributed by atoms with E-state index in [1.54, 1.807) is 0 Å². The van der Waals surface area contributed by atoms with Crippen LogP contribution >= 0.6 is 11.3 Å². The standard InChI is InChI=1S/C14H24N2S/c1-5-9-15-10-7-6-8-11-12(10)16-13(17-11)14(2,3)4/h10,15H,5-9H2,1-4H3. The predicted octanol–water partition coefficient (Wildman–Crippen LogP) is 3.82. The first-order chi connectivity index (χ1) is 8.02. The molecule has 0 amide bonds. The van der Waals surface area contributed by atoms with Gasteiger partial charge in [-0.05, 0) is 32.2 Å². The van der Waals surface area contributed by atoms with Crippen LogP contribution in [0, 0.1) is 0 Å². The predicted molar refractivity (Wildman–Crippen MR) is 74.8 cm³/mol. The molecule has 2 nitrogen and oxygen atoms in total. The van der Waals surface area contributed by atoms with Gasteiger partial charge in [-0.2, -0.15) is 0 Å². The lowest BCUT2D eigenvalue weighted by Gasteiger charge is -2.22. The minimum absolute atomic E-state index is 0.192. The second kappa shape index (κ2) is 5.07. The summed E-state index contributed by atoms with van der Waals surface area (Å²) in [5, 5.41) is 4.94. The molecule has 0 bridgehead atoms. The first kappa shape index (κ1) is 13.0. The molecule has 1 N–H and O–H groups in total. The molecule has 1 aliphatic rings. The molecule has 0 fully saturated rings. The molecule has 3 heteroatoms. The highest BCUT2D eigenvalue weighted by atomic mass is 32.1. The highest BCUT2D eigenvalue weighted by molar-refractivity contribution is 7.11. The number of thiazole rings is 1. The molecule has 1 heterocycles. The Hall–Kier alpha value is -0.410. The van der Waals surface area contributed by atoms with Crippen molar-refractivity contribution >= 4 is 11.3 Å². The molecule has 0 radical (unpaired) electrons. The summed E-state index contributed by atoms with van der Waals surface area (Å²) in [6, 6.07) is 0.506. The van der Waals surface area contributed by atoms with Crippen molar-refractivity contribution in [3.05, 3.63) is 15.6 Å². The van der Waals surface area contributed by atoms with Gasteiger partial charge in [0.2, 0.25) is 0 Å². The lowest BCUT2D eigenvalue weighted by Crippen LogP contribution is -2.25. The van der Waals surface area contributed by atoms with Crippen LogP contribution in [-0.2, 0) is 11.8 Å². The molecule has 1 atom stereocenters. The van der Waals surface area contributed by atoms with Gasteiger partial charge in [-0.1, -0.05) is 27.7 Å². The van der Waals surface area contributed by atoms with Crippen LogP contribution in [0.4, 0.5) is 0 Å². The lowest BCUT2D eigenvalue weighted by atomic mass is 9.96. The van der Waals surface area contributed by atoms with Crippen molar-refractivity contribution in [3.63, 3.8) is 0 Å². The Labute approximate surface area is 109 Å². The summed E-state index contributed by atoms with van der Waals surface area (Å²) in [7, 11) is 0. The first-order valence-corrected chi connectivity index (χ1v) is 7.57. The Morgan fingerprint density at radius 2 is 2.18 bits per heavy atom. The molecule has 0 spiro atoms. The highest BCUT2D eigenvalue weighted by Crippen LogP contribution is 2.37. The number of aromatic nitrogens is 1. The summed E-state index contributed by atoms with van der Waals surface area (Å²) in [5.74, 6) is 0. The Morgan fingerprint density at radius 1 is 1.41 bits per heavy atom. The maximum atomic E-state index is 4.91. The molecule has 0 saturated heterocycles. The van der Waals surface area contributed by atoms with Crippen LogP contribution in [0.25, 0.3) is 0 Å². The van der Waals surface area contributed by atoms with E-state index < -0.39 is 0 Å². The molecular formula is C14H24N2S. The first-order valence-electron chi connectivity index (χ1n) is 6.76. The van der Waals surface area contributed by atoms with Gasteiger partial charge in [-0.15, -0.1) is 11.3 Å². The van der Waals surface area contributed by atoms with E-state index >= 15 is 0 Å². The van der Waals surface area contributed by atoms with Crippen LogP contribution in [0.1, 0.15) is 68.6 Å². The SMILES string of the molecule is CCCNC1CCCc2sc(C(C)(C)C)nc21. The zero-order valence-electron chi connectivity index (χ0n) is 11.5. The van der Waals surface area contributed by atoms with Crippen molar-refractivity contribution in [2.75, 3.05) is 6.54 Å². The van der Waals surface area contributed by atoms with E-state index in [1.807, 2.05) is 11.3 Å². The Morgan fingerprint density at radius 3 is 2.82 bits per heavy atom. The monoisotopic (exact) mass is 252 g/mol. The summed E-state index contributed by atoms with van der Waals surface area (Å²) < 4.78 is 0. The molecule has 0 aliphatic heterocycles. The molecule has 0 saturated carbocycles. The van der Waals surface area contributed by atoms with Gasteiger partial charge < -0.3 is 5.32 Å². The van der Waals surface area contributed by atoms with Crippen molar-refractivity contribution in [2.24, 2.45) is 0 Å². The maximum absolute atomic E-state index is 4.91. The average molecular weight is 252 g/mol. The van der Waals surface area contributed by atoms with E-state index in [1.165, 1.54) is 41.3 Å². The number of nitrogens with one attached hydrogen (secondary N) is 1. The van der Waals surface area contributed by atoms with Crippen LogP contribution in [0.5, 0.6) is 0 Å². The van der Waals surface area contributed by atoms with Gasteiger partial charge in [0.1, 0.15) is 0 Å². The number of fused-ring (bicyclic) bond motifs is 1. The minimum Gasteiger partial charge on any atom is -0.309 e. The van der Waals surface area contributed by atoms with Crippen LogP contribution in [0.2, 0.25) is 0 Å². The van der Waals surface area contributed by atoms with E-state index in [9.17, 15) is 0 Å². The summed E-state index contributed by atoms with van der Waals surface area (Å²) in [5.41, 5.74) is 1.54. The van der Waals surface area contributed by atoms with Crippen molar-refractivity contribution in [3.8, 4) is 0 Å². The second-order valence-corrected chi connectivity index (χ2v) is 7.06. The van der Waals surface area contributed by atoms with E-state index in [0.29, 0.717) is 6.04 Å². The molecule has 1 aromatic heterocycles. The minimum atomic E-state index is 0.192. The van der Waals surface area contributed by atoms with Crippen molar-refractivity contribution < 1.29 is 0 Å². The fourth-order valence-electron chi connectivity index (χ4n) is 2.26. The lowest BCUT2D eigenvalue weighted by molar-refractivity contribution is 0.451. The van der Waals surface area contributed by atoms with Crippen LogP contribution < -0.4 is 5.32 Å². The van der Waals surface area contributed by atoms with E-state index in [4.69, 9.17) is 4.98 Å². The Bertz CT molecular complexity index is 376. The summed E-state index contributed by atoms with van der Waals surface area (Å²) in [6.45, 7) is 10.1. The van der Waals surface area contributed by atoms with Crippen molar-refractivity contribution in [1.82, 2.24) is 10.3 Å². The third kappa shape index (κ3) is 2.89. The van der Waals surface area contributed by atoms with Gasteiger partial charge >= 0.3 is 0 Å². The van der Waals surface area contributed by atoms with Crippen LogP contribution in [-0.4, -0.2) is 11.5 Å². The smallest absolute Gasteiger partial charge is 0.0985 e. The average Bonchev–Trinajstić information content (AvgIpc) is 2.70. The number of hydrogen-bond acceptors (Lipinski definition) is 3. The third-order valence-electron chi connectivity index (χ3n) is 3.24. The van der Waals surface area contributed by atoms with E-state index in [2.05, 4.69) is 33.0 Å². The third-order valence-corrected chi connectivity index (χ3v) is 4.79. The van der Waals surface area contributed by atoms with Crippen LogP contribution in [0.15, 0.2) is 0 Å². The van der Waals surface area contributed by atoms with Gasteiger partial charge in [0.15, 0.2) is 0 Å². The zero-order chi connectivity index (χ0) is 12.5. The van der Waals surface area contributed by atoms with Crippen molar-refractivity contribution in [1.29, 1.82) is 0 Å². The maximum Gasteiger partial charge on any atom is 0.0985 e. The molecule has 1 aliphatic carbocycles.